The zero-order valence-corrected chi connectivity index (χ0v) is 19.7. The number of aromatic nitrogens is 4. The molecule has 0 unspecified atom stereocenters. The van der Waals surface area contributed by atoms with Crippen LogP contribution in [0.4, 0.5) is 0 Å². The lowest BCUT2D eigenvalue weighted by molar-refractivity contribution is 0.0602. The maximum absolute atomic E-state index is 12.6. The van der Waals surface area contributed by atoms with Crippen LogP contribution in [0, 0.1) is 6.92 Å². The van der Waals surface area contributed by atoms with Crippen LogP contribution in [0.3, 0.4) is 0 Å². The highest BCUT2D eigenvalue weighted by Crippen LogP contribution is 2.32. The van der Waals surface area contributed by atoms with Gasteiger partial charge in [0.25, 0.3) is 0 Å². The molecule has 1 N–H and O–H groups in total. The standard InChI is InChI=1S/C27H24N4O4/c1-4-7-22-28-23-16(2)10-15-21(26(32)34-3)24(23)31(22)18-13-11-17(12-14-18)19-8-5-6-9-20(19)25-29-27(33)35-30-25/h5-6,8-15H,4,7H2,1-3H3,(H,29,30,33). The Bertz CT molecular complexity index is 1590. The van der Waals surface area contributed by atoms with Gasteiger partial charge in [-0.25, -0.2) is 14.6 Å². The van der Waals surface area contributed by atoms with Gasteiger partial charge in [0, 0.05) is 17.7 Å². The Morgan fingerprint density at radius 2 is 1.77 bits per heavy atom. The van der Waals surface area contributed by atoms with E-state index >= 15 is 0 Å². The van der Waals surface area contributed by atoms with Gasteiger partial charge in [-0.05, 0) is 48.2 Å². The minimum atomic E-state index is -0.669. The van der Waals surface area contributed by atoms with Crippen LogP contribution in [-0.2, 0) is 11.2 Å². The molecule has 0 amide bonds. The van der Waals surface area contributed by atoms with Crippen molar-refractivity contribution in [2.45, 2.75) is 26.7 Å². The molecule has 8 nitrogen and oxygen atoms in total. The third-order valence-electron chi connectivity index (χ3n) is 6.01. The number of aromatic amines is 1. The summed E-state index contributed by atoms with van der Waals surface area (Å²) in [4.78, 5) is 32.8. The first kappa shape index (κ1) is 22.3. The van der Waals surface area contributed by atoms with Crippen LogP contribution < -0.4 is 5.76 Å². The molecular formula is C27H24N4O4. The number of hydrogen-bond donors (Lipinski definition) is 1. The van der Waals surface area contributed by atoms with E-state index in [9.17, 15) is 9.59 Å². The average molecular weight is 469 g/mol. The normalized spacial score (nSPS) is 11.2. The molecule has 0 aliphatic rings. The van der Waals surface area contributed by atoms with E-state index < -0.39 is 11.7 Å². The van der Waals surface area contributed by atoms with E-state index in [0.717, 1.165) is 57.6 Å². The van der Waals surface area contributed by atoms with Gasteiger partial charge in [-0.1, -0.05) is 49.4 Å². The minimum Gasteiger partial charge on any atom is -0.465 e. The first-order valence-electron chi connectivity index (χ1n) is 11.4. The molecule has 0 fully saturated rings. The van der Waals surface area contributed by atoms with Crippen LogP contribution >= 0.6 is 0 Å². The average Bonchev–Trinajstić information content (AvgIpc) is 3.48. The fourth-order valence-corrected chi connectivity index (χ4v) is 4.38. The number of hydrogen-bond acceptors (Lipinski definition) is 6. The van der Waals surface area contributed by atoms with Crippen LogP contribution in [0.1, 0.15) is 35.1 Å². The van der Waals surface area contributed by atoms with Crippen molar-refractivity contribution in [1.29, 1.82) is 0 Å². The highest BCUT2D eigenvalue weighted by molar-refractivity contribution is 6.03. The summed E-state index contributed by atoms with van der Waals surface area (Å²) in [7, 11) is 1.38. The lowest BCUT2D eigenvalue weighted by atomic mass is 9.99. The van der Waals surface area contributed by atoms with E-state index in [1.807, 2.05) is 66.1 Å². The highest BCUT2D eigenvalue weighted by Gasteiger charge is 2.21. The SMILES string of the molecule is CCCc1nc2c(C)ccc(C(=O)OC)c2n1-c1ccc(-c2ccccc2-c2nc(=O)o[nH]2)cc1. The summed E-state index contributed by atoms with van der Waals surface area (Å²) < 4.78 is 11.9. The first-order chi connectivity index (χ1) is 17.0. The van der Waals surface area contributed by atoms with Crippen LogP contribution in [-0.4, -0.2) is 32.8 Å². The van der Waals surface area contributed by atoms with E-state index in [0.29, 0.717) is 11.4 Å². The maximum Gasteiger partial charge on any atom is 0.460 e. The number of carbonyl (C=O) groups excluding carboxylic acids is 1. The zero-order chi connectivity index (χ0) is 24.5. The number of imidazole rings is 1. The Labute approximate surface area is 201 Å². The zero-order valence-electron chi connectivity index (χ0n) is 19.7. The Morgan fingerprint density at radius 3 is 2.43 bits per heavy atom. The molecule has 2 heterocycles. The minimum absolute atomic E-state index is 0.374. The van der Waals surface area contributed by atoms with Crippen molar-refractivity contribution in [1.82, 2.24) is 19.7 Å². The lowest BCUT2D eigenvalue weighted by Gasteiger charge is -2.13. The third kappa shape index (κ3) is 3.93. The quantitative estimate of drug-likeness (QED) is 0.349. The van der Waals surface area contributed by atoms with Gasteiger partial charge in [0.05, 0.1) is 23.7 Å². The van der Waals surface area contributed by atoms with Gasteiger partial charge in [-0.3, -0.25) is 4.57 Å². The van der Waals surface area contributed by atoms with Gasteiger partial charge >= 0.3 is 11.7 Å². The number of benzene rings is 3. The highest BCUT2D eigenvalue weighted by atomic mass is 16.5. The Morgan fingerprint density at radius 1 is 1.03 bits per heavy atom. The van der Waals surface area contributed by atoms with Gasteiger partial charge < -0.3 is 9.26 Å². The molecule has 176 valence electrons. The smallest absolute Gasteiger partial charge is 0.460 e. The summed E-state index contributed by atoms with van der Waals surface area (Å²) in [6.07, 6.45) is 1.68. The summed E-state index contributed by atoms with van der Waals surface area (Å²) in [5.74, 6) is 0.192. The molecule has 2 aromatic heterocycles. The number of nitrogens with zero attached hydrogens (tertiary/aromatic N) is 3. The summed E-state index contributed by atoms with van der Waals surface area (Å²) >= 11 is 0. The number of carbonyl (C=O) groups is 1. The number of rotatable bonds is 6. The van der Waals surface area contributed by atoms with E-state index in [1.165, 1.54) is 7.11 Å². The van der Waals surface area contributed by atoms with Crippen LogP contribution in [0.5, 0.6) is 0 Å². The topological polar surface area (TPSA) is 103 Å². The predicted octanol–water partition coefficient (Wildman–Crippen LogP) is 5.08. The number of H-pyrrole nitrogens is 1. The molecule has 3 aromatic carbocycles. The van der Waals surface area contributed by atoms with E-state index in [-0.39, 0.29) is 0 Å². The lowest BCUT2D eigenvalue weighted by Crippen LogP contribution is -2.07. The molecular weight excluding hydrogens is 444 g/mol. The largest absolute Gasteiger partial charge is 0.465 e. The van der Waals surface area contributed by atoms with E-state index in [2.05, 4.69) is 17.1 Å². The van der Waals surface area contributed by atoms with Gasteiger partial charge in [-0.15, -0.1) is 0 Å². The van der Waals surface area contributed by atoms with Crippen molar-refractivity contribution in [2.24, 2.45) is 0 Å². The number of esters is 1. The number of nitrogens with one attached hydrogen (secondary N) is 1. The predicted molar refractivity (Wildman–Crippen MR) is 133 cm³/mol. The molecule has 0 atom stereocenters. The molecule has 0 saturated carbocycles. The fourth-order valence-electron chi connectivity index (χ4n) is 4.38. The molecule has 8 heteroatoms. The van der Waals surface area contributed by atoms with Gasteiger partial charge in [-0.2, -0.15) is 10.1 Å². The van der Waals surface area contributed by atoms with Crippen molar-refractivity contribution in [3.8, 4) is 28.2 Å². The van der Waals surface area contributed by atoms with Gasteiger partial charge in [0.2, 0.25) is 0 Å². The van der Waals surface area contributed by atoms with Crippen LogP contribution in [0.15, 0.2) is 70.0 Å². The van der Waals surface area contributed by atoms with Crippen molar-refractivity contribution in [2.75, 3.05) is 7.11 Å². The Balaban J connectivity index is 1.67. The second-order valence-corrected chi connectivity index (χ2v) is 8.26. The molecule has 0 aliphatic carbocycles. The summed E-state index contributed by atoms with van der Waals surface area (Å²) in [5, 5.41) is 2.58. The molecule has 0 radical (unpaired) electrons. The monoisotopic (exact) mass is 468 g/mol. The third-order valence-corrected chi connectivity index (χ3v) is 6.01. The molecule has 5 rings (SSSR count). The maximum atomic E-state index is 12.6. The molecule has 5 aromatic rings. The summed E-state index contributed by atoms with van der Waals surface area (Å²) in [6, 6.07) is 19.4. The second-order valence-electron chi connectivity index (χ2n) is 8.26. The number of ether oxygens (including phenoxy) is 1. The van der Waals surface area contributed by atoms with Crippen molar-refractivity contribution in [3.05, 3.63) is 88.2 Å². The number of fused-ring (bicyclic) bond motifs is 1. The molecule has 0 aliphatic heterocycles. The summed E-state index contributed by atoms with van der Waals surface area (Å²) in [5.41, 5.74) is 6.51. The fraction of sp³-hybridized carbons (Fsp3) is 0.185. The number of methoxy groups -OCH3 is 1. The van der Waals surface area contributed by atoms with Gasteiger partial charge in [0.15, 0.2) is 5.82 Å². The summed E-state index contributed by atoms with van der Waals surface area (Å²) in [6.45, 7) is 4.09. The van der Waals surface area contributed by atoms with Crippen molar-refractivity contribution >= 4 is 17.0 Å². The van der Waals surface area contributed by atoms with Crippen molar-refractivity contribution < 1.29 is 14.1 Å². The molecule has 0 saturated heterocycles. The molecule has 0 bridgehead atoms. The van der Waals surface area contributed by atoms with Gasteiger partial charge in [0.1, 0.15) is 5.82 Å². The number of aryl methyl sites for hydroxylation is 2. The Kier molecular flexibility index (Phi) is 5.78. The first-order valence-corrected chi connectivity index (χ1v) is 11.4. The van der Waals surface area contributed by atoms with Crippen LogP contribution in [0.2, 0.25) is 0 Å². The molecule has 35 heavy (non-hydrogen) atoms. The molecule has 0 spiro atoms. The van der Waals surface area contributed by atoms with E-state index in [4.69, 9.17) is 14.2 Å². The van der Waals surface area contributed by atoms with Crippen molar-refractivity contribution in [3.63, 3.8) is 0 Å². The Hall–Kier alpha value is -4.46. The second kappa shape index (κ2) is 9.06. The van der Waals surface area contributed by atoms with Crippen LogP contribution in [0.25, 0.3) is 39.2 Å². The van der Waals surface area contributed by atoms with E-state index in [1.54, 1.807) is 6.07 Å².